The van der Waals surface area contributed by atoms with E-state index >= 15 is 0 Å². The predicted molar refractivity (Wildman–Crippen MR) is 386 cm³/mol. The average Bonchev–Trinajstić information content (AvgIpc) is 0.678. The quantitative estimate of drug-likeness (QED) is 0.0525. The van der Waals surface area contributed by atoms with Crippen molar-refractivity contribution in [3.63, 3.8) is 0 Å². The van der Waals surface area contributed by atoms with E-state index in [0.717, 1.165) is 11.1 Å². The van der Waals surface area contributed by atoms with E-state index < -0.39 is 99.5 Å². The molecule has 0 radical (unpaired) electrons. The van der Waals surface area contributed by atoms with Crippen molar-refractivity contribution in [1.82, 2.24) is 0 Å². The van der Waals surface area contributed by atoms with E-state index in [2.05, 4.69) is 0 Å². The fourth-order valence-electron chi connectivity index (χ4n) is 12.7. The van der Waals surface area contributed by atoms with Crippen LogP contribution in [0.25, 0.3) is 0 Å². The van der Waals surface area contributed by atoms with E-state index in [0.29, 0.717) is 65.8 Å². The van der Waals surface area contributed by atoms with Crippen molar-refractivity contribution in [2.24, 2.45) is 0 Å². The maximum atomic E-state index is 12.2. The molecule has 0 amide bonds. The minimum Gasteiger partial charge on any atom is -0.427 e. The number of hydrogen-bond donors (Lipinski definition) is 0. The molecule has 0 N–H and O–H groups in total. The van der Waals surface area contributed by atoms with Gasteiger partial charge in [0, 0.05) is 55.3 Å². The number of esters is 2. The van der Waals surface area contributed by atoms with Gasteiger partial charge in [-0.2, -0.15) is 0 Å². The second-order valence-corrected chi connectivity index (χ2v) is 55.0. The second kappa shape index (κ2) is 26.7. The van der Waals surface area contributed by atoms with Gasteiger partial charge >= 0.3 is 99.5 Å². The lowest BCUT2D eigenvalue weighted by Gasteiger charge is -2.61. The van der Waals surface area contributed by atoms with Crippen LogP contribution in [-0.4, -0.2) is 99.5 Å². The maximum absolute atomic E-state index is 12.2. The first-order chi connectivity index (χ1) is 47.5. The average molecular weight is 1480 g/mol. The summed E-state index contributed by atoms with van der Waals surface area (Å²) in [5.74, 6) is -0.0863. The Balaban J connectivity index is 1.14. The Morgan fingerprint density at radius 3 is 0.571 bits per heavy atom. The predicted octanol–water partition coefficient (Wildman–Crippen LogP) is 7.54. The van der Waals surface area contributed by atoms with Crippen molar-refractivity contribution in [2.75, 3.05) is 0 Å². The lowest BCUT2D eigenvalue weighted by Crippen LogP contribution is -2.93. The van der Waals surface area contributed by atoms with E-state index in [9.17, 15) is 9.59 Å². The summed E-state index contributed by atoms with van der Waals surface area (Å²) in [4.78, 5) is 24.5. The van der Waals surface area contributed by atoms with Crippen LogP contribution in [0.4, 0.5) is 0 Å². The number of hydrogen-bond acceptors (Lipinski definition) is 18. The molecular weight excluding hydrogens is 1410 g/mol. The van der Waals surface area contributed by atoms with Gasteiger partial charge in [-0.3, -0.25) is 9.59 Å². The zero-order valence-corrected chi connectivity index (χ0v) is 63.9. The van der Waals surface area contributed by atoms with Gasteiger partial charge in [0.05, 0.1) is 0 Å². The number of carbonyl (C=O) groups excluding carboxylic acids is 2. The van der Waals surface area contributed by atoms with Gasteiger partial charge in [0.1, 0.15) is 11.5 Å². The van der Waals surface area contributed by atoms with Crippen molar-refractivity contribution in [2.45, 2.75) is 51.9 Å². The molecule has 6 heterocycles. The van der Waals surface area contributed by atoms with Gasteiger partial charge in [-0.05, 0) is 73.4 Å². The van der Waals surface area contributed by atoms with Gasteiger partial charge in [0.15, 0.2) is 0 Å². The molecule has 8 bridgehead atoms. The standard InChI is InChI=1S/C70H68O18Si10/c1-57(71)73-61-49-45-59(46-50-61)53-55-89(3)75-91(63-29-13-5-14-30-63)79-95(67-37-21-9-22-38-67)83-93(65-33-17-7-18-34-65)77-90(4,56-54-60-47-51-62(52-48-60)74-58(2)72)78-94(66-35-19-8-20-36-66)85-97(87-95,69-41-25-11-26-42-69)81-92(76-89,64-31-15-6-16-32-64)82-98(86-94,70-43-27-12-28-44-70)88-96(80-91,84-93)68-39-23-10-24-40-68/h5-52H,53-56H2,1-4H3. The van der Waals surface area contributed by atoms with Crippen LogP contribution in [0.3, 0.4) is 0 Å². The molecule has 10 aromatic rings. The first-order valence-corrected chi connectivity index (χ1v) is 51.1. The summed E-state index contributed by atoms with van der Waals surface area (Å²) in [7, 11) is -50.6. The van der Waals surface area contributed by atoms with Crippen molar-refractivity contribution in [1.29, 1.82) is 0 Å². The summed E-state index contributed by atoms with van der Waals surface area (Å²) in [6.45, 7) is 6.74. The van der Waals surface area contributed by atoms with Crippen molar-refractivity contribution < 1.29 is 76.7 Å². The van der Waals surface area contributed by atoms with Crippen molar-refractivity contribution in [3.8, 4) is 11.5 Å². The van der Waals surface area contributed by atoms with Gasteiger partial charge in [-0.25, -0.2) is 0 Å². The molecule has 0 atom stereocenters. The molecule has 6 aliphatic rings. The van der Waals surface area contributed by atoms with Gasteiger partial charge in [-0.15, -0.1) is 0 Å². The second-order valence-electron chi connectivity index (χ2n) is 24.5. The van der Waals surface area contributed by atoms with Crippen molar-refractivity contribution in [3.05, 3.63) is 302 Å². The van der Waals surface area contributed by atoms with Gasteiger partial charge in [-0.1, -0.05) is 267 Å². The Morgan fingerprint density at radius 1 is 0.245 bits per heavy atom. The number of ether oxygens (including phenoxy) is 2. The summed E-state index contributed by atoms with van der Waals surface area (Å²) >= 11 is 0. The van der Waals surface area contributed by atoms with E-state index in [1.54, 1.807) is 24.3 Å². The molecule has 6 saturated heterocycles. The Hall–Kier alpha value is -7.25. The van der Waals surface area contributed by atoms with Crippen LogP contribution in [0.15, 0.2) is 291 Å². The fourth-order valence-corrected chi connectivity index (χ4v) is 69.3. The summed E-state index contributed by atoms with van der Waals surface area (Å²) in [6, 6.07) is 92.0. The summed E-state index contributed by atoms with van der Waals surface area (Å²) in [5.41, 5.74) is 1.76. The SMILES string of the molecule is CC(=O)Oc1ccc(CC[Si]2(C)O[Si]3(c4ccccc4)O[Si]4(c5ccccc5)O[Si]5(c6ccccc6)O[Si](C)(CCc6ccc(OC(C)=O)cc6)O[Si]6(c7ccccc7)O[Si](c7ccccc7)(O[Si](c7ccccc7)(O2)O[Si](c2ccccc2)(O6)O[Si](c2ccccc2)(O3)O5)O4)cc1. The number of carbonyl (C=O) groups is 2. The lowest BCUT2D eigenvalue weighted by molar-refractivity contribution is -0.132. The molecule has 16 rings (SSSR count). The molecule has 98 heavy (non-hydrogen) atoms. The van der Waals surface area contributed by atoms with E-state index in [1.807, 2.05) is 280 Å². The normalized spacial score (nSPS) is 30.3. The molecule has 6 fully saturated rings. The number of benzene rings is 10. The highest BCUT2D eigenvalue weighted by Gasteiger charge is 2.83. The molecule has 0 spiro atoms. The summed E-state index contributed by atoms with van der Waals surface area (Å²) in [5, 5.41) is 3.80. The van der Waals surface area contributed by atoms with Crippen LogP contribution in [0, 0.1) is 0 Å². The maximum Gasteiger partial charge on any atom is 0.515 e. The Morgan fingerprint density at radius 2 is 0.408 bits per heavy atom. The summed E-state index contributed by atoms with van der Waals surface area (Å²) in [6.07, 6.45) is 0.712. The van der Waals surface area contributed by atoms with Crippen molar-refractivity contribution >= 4 is 141 Å². The zero-order valence-electron chi connectivity index (χ0n) is 53.9. The molecule has 28 heteroatoms. The molecule has 0 unspecified atom stereocenters. The number of aryl methyl sites for hydroxylation is 2. The van der Waals surface area contributed by atoms with Crippen LogP contribution in [0.5, 0.6) is 11.5 Å². The number of rotatable bonds is 16. The molecule has 18 nitrogen and oxygen atoms in total. The van der Waals surface area contributed by atoms with Crippen LogP contribution in [-0.2, 0) is 80.0 Å². The van der Waals surface area contributed by atoms with E-state index in [4.69, 9.17) is 67.1 Å². The molecule has 6 aliphatic heterocycles. The Kier molecular flexibility index (Phi) is 18.1. The van der Waals surface area contributed by atoms with E-state index in [-0.39, 0.29) is 12.1 Å². The first-order valence-electron chi connectivity index (χ1n) is 32.3. The highest BCUT2D eigenvalue weighted by molar-refractivity contribution is 7.12. The van der Waals surface area contributed by atoms with Gasteiger partial charge in [0.25, 0.3) is 0 Å². The first kappa shape index (κ1) is 66.6. The molecule has 496 valence electrons. The molecular formula is C70H68O18Si10. The van der Waals surface area contributed by atoms with Crippen LogP contribution in [0.1, 0.15) is 25.0 Å². The fraction of sp³-hybridized carbons (Fsp3) is 0.114. The smallest absolute Gasteiger partial charge is 0.427 e. The molecule has 0 saturated carbocycles. The molecule has 0 aromatic heterocycles. The minimum atomic E-state index is -5.33. The summed E-state index contributed by atoms with van der Waals surface area (Å²) < 4.78 is 131. The molecule has 10 aromatic carbocycles. The third-order valence-corrected chi connectivity index (χ3v) is 60.6. The van der Waals surface area contributed by atoms with Crippen LogP contribution < -0.4 is 51.0 Å². The third kappa shape index (κ3) is 13.1. The van der Waals surface area contributed by atoms with Crippen LogP contribution >= 0.6 is 0 Å². The topological polar surface area (TPSA) is 182 Å². The van der Waals surface area contributed by atoms with Gasteiger partial charge < -0.3 is 67.1 Å². The highest BCUT2D eigenvalue weighted by atomic mass is 28.6. The Labute approximate surface area is 579 Å². The Bertz CT molecular complexity index is 3920. The monoisotopic (exact) mass is 1480 g/mol. The lowest BCUT2D eigenvalue weighted by atomic mass is 10.2. The van der Waals surface area contributed by atoms with Gasteiger partial charge in [0.2, 0.25) is 0 Å². The van der Waals surface area contributed by atoms with E-state index in [1.165, 1.54) is 13.8 Å². The zero-order chi connectivity index (χ0) is 67.2. The number of fused-ring (bicyclic) bond motifs is 4. The minimum absolute atomic E-state index is 0.210. The highest BCUT2D eigenvalue weighted by Crippen LogP contribution is 2.48. The third-order valence-electron chi connectivity index (χ3n) is 17.2. The largest absolute Gasteiger partial charge is 0.515 e. The molecule has 0 aliphatic carbocycles. The van der Waals surface area contributed by atoms with Crippen LogP contribution in [0.2, 0.25) is 25.2 Å².